The molecular weight excluding hydrogens is 442 g/mol. The second kappa shape index (κ2) is 9.61. The zero-order valence-electron chi connectivity index (χ0n) is 21.3. The number of hydrogen-bond donors (Lipinski definition) is 1. The van der Waals surface area contributed by atoms with Crippen molar-refractivity contribution in [1.82, 2.24) is 14.4 Å². The smallest absolute Gasteiger partial charge is 0.255 e. The Hall–Kier alpha value is -2.93. The van der Waals surface area contributed by atoms with Gasteiger partial charge < -0.3 is 19.5 Å². The van der Waals surface area contributed by atoms with Crippen molar-refractivity contribution in [3.8, 4) is 11.1 Å². The van der Waals surface area contributed by atoms with Crippen LogP contribution in [0, 0.1) is 11.3 Å². The van der Waals surface area contributed by atoms with Crippen LogP contribution in [0.1, 0.15) is 56.3 Å². The largest absolute Gasteiger partial charge is 0.387 e. The summed E-state index contributed by atoms with van der Waals surface area (Å²) >= 11 is 0. The van der Waals surface area contributed by atoms with Gasteiger partial charge in [0.2, 0.25) is 5.91 Å². The van der Waals surface area contributed by atoms with Gasteiger partial charge in [0.25, 0.3) is 11.5 Å². The Morgan fingerprint density at radius 1 is 1.14 bits per heavy atom. The van der Waals surface area contributed by atoms with E-state index in [1.165, 1.54) is 28.4 Å². The Morgan fingerprint density at radius 2 is 1.83 bits per heavy atom. The minimum absolute atomic E-state index is 0.0612. The van der Waals surface area contributed by atoms with E-state index in [0.717, 1.165) is 12.0 Å². The third-order valence-electron chi connectivity index (χ3n) is 7.74. The summed E-state index contributed by atoms with van der Waals surface area (Å²) in [5.74, 6) is 0.647. The van der Waals surface area contributed by atoms with Gasteiger partial charge in [0, 0.05) is 56.8 Å². The van der Waals surface area contributed by atoms with Gasteiger partial charge in [-0.05, 0) is 24.3 Å². The van der Waals surface area contributed by atoms with Crippen LogP contribution in [0.3, 0.4) is 0 Å². The number of carbonyl (C=O) groups is 2. The number of likely N-dealkylation sites (tertiary alicyclic amines) is 1. The molecule has 1 saturated heterocycles. The van der Waals surface area contributed by atoms with Crippen molar-refractivity contribution >= 4 is 11.8 Å². The van der Waals surface area contributed by atoms with Crippen LogP contribution in [-0.4, -0.2) is 64.1 Å². The zero-order chi connectivity index (χ0) is 25.4. The van der Waals surface area contributed by atoms with E-state index in [-0.39, 0.29) is 23.9 Å². The first-order valence-electron chi connectivity index (χ1n) is 12.5. The van der Waals surface area contributed by atoms with Crippen LogP contribution in [0.15, 0.2) is 47.4 Å². The maximum absolute atomic E-state index is 13.2. The van der Waals surface area contributed by atoms with E-state index in [1.807, 2.05) is 49.1 Å². The average molecular weight is 480 g/mol. The number of piperidine rings is 1. The third kappa shape index (κ3) is 5.35. The predicted molar refractivity (Wildman–Crippen MR) is 136 cm³/mol. The Bertz CT molecular complexity index is 1150. The summed E-state index contributed by atoms with van der Waals surface area (Å²) in [6.07, 6.45) is 5.93. The standard InChI is InChI=1S/C28H37N3O4/c1-27(2)18-30(24(32)13-12-20-10-11-20)15-14-28(27,35)19-31-17-23(26(34)29(3)4)22(16-25(31)33)21-8-6-5-7-9-21/h5-9,16-17,20,35H,10-15,18-19H2,1-4H3. The number of aromatic nitrogens is 1. The summed E-state index contributed by atoms with van der Waals surface area (Å²) in [4.78, 5) is 42.3. The molecule has 7 heteroatoms. The van der Waals surface area contributed by atoms with Gasteiger partial charge >= 0.3 is 0 Å². The normalized spacial score (nSPS) is 21.6. The highest BCUT2D eigenvalue weighted by molar-refractivity contribution is 6.00. The lowest BCUT2D eigenvalue weighted by molar-refractivity contribution is -0.154. The molecule has 1 N–H and O–H groups in total. The number of pyridine rings is 1. The molecule has 2 amide bonds. The third-order valence-corrected chi connectivity index (χ3v) is 7.74. The molecule has 4 rings (SSSR count). The van der Waals surface area contributed by atoms with Crippen molar-refractivity contribution in [3.05, 3.63) is 58.5 Å². The number of hydrogen-bond acceptors (Lipinski definition) is 4. The maximum Gasteiger partial charge on any atom is 0.255 e. The molecule has 35 heavy (non-hydrogen) atoms. The molecule has 2 fully saturated rings. The van der Waals surface area contributed by atoms with Gasteiger partial charge in [0.1, 0.15) is 0 Å². The molecule has 1 aromatic carbocycles. The molecule has 2 heterocycles. The summed E-state index contributed by atoms with van der Waals surface area (Å²) in [5, 5.41) is 11.7. The molecule has 1 aromatic heterocycles. The highest BCUT2D eigenvalue weighted by atomic mass is 16.3. The molecule has 1 saturated carbocycles. The van der Waals surface area contributed by atoms with Crippen LogP contribution >= 0.6 is 0 Å². The Morgan fingerprint density at radius 3 is 2.43 bits per heavy atom. The SMILES string of the molecule is CN(C)C(=O)c1cn(CC2(O)CCN(C(=O)CCC3CC3)CC2(C)C)c(=O)cc1-c1ccccc1. The van der Waals surface area contributed by atoms with Crippen molar-refractivity contribution in [1.29, 1.82) is 0 Å². The van der Waals surface area contributed by atoms with Gasteiger partial charge in [0.05, 0.1) is 17.7 Å². The van der Waals surface area contributed by atoms with Gasteiger partial charge in [-0.3, -0.25) is 14.4 Å². The van der Waals surface area contributed by atoms with E-state index in [9.17, 15) is 19.5 Å². The fourth-order valence-electron chi connectivity index (χ4n) is 5.01. The second-order valence-corrected chi connectivity index (χ2v) is 11.1. The van der Waals surface area contributed by atoms with Crippen LogP contribution in [0.2, 0.25) is 0 Å². The molecule has 1 unspecified atom stereocenters. The maximum atomic E-state index is 13.2. The molecular formula is C28H37N3O4. The van der Waals surface area contributed by atoms with Gasteiger partial charge in [-0.1, -0.05) is 57.0 Å². The quantitative estimate of drug-likeness (QED) is 0.660. The first-order chi connectivity index (χ1) is 16.5. The number of benzene rings is 1. The van der Waals surface area contributed by atoms with Gasteiger partial charge in [0.15, 0.2) is 0 Å². The summed E-state index contributed by atoms with van der Waals surface area (Å²) in [6, 6.07) is 10.9. The van der Waals surface area contributed by atoms with E-state index < -0.39 is 11.0 Å². The predicted octanol–water partition coefficient (Wildman–Crippen LogP) is 3.40. The summed E-state index contributed by atoms with van der Waals surface area (Å²) < 4.78 is 1.45. The Labute approximate surface area is 207 Å². The van der Waals surface area contributed by atoms with Crippen LogP contribution in [0.4, 0.5) is 0 Å². The molecule has 0 bridgehead atoms. The first-order valence-corrected chi connectivity index (χ1v) is 12.5. The number of nitrogens with zero attached hydrogens (tertiary/aromatic N) is 3. The van der Waals surface area contributed by atoms with E-state index in [4.69, 9.17) is 0 Å². The molecule has 2 aliphatic rings. The van der Waals surface area contributed by atoms with Crippen LogP contribution in [0.25, 0.3) is 11.1 Å². The van der Waals surface area contributed by atoms with E-state index in [0.29, 0.717) is 43.0 Å². The fourth-order valence-corrected chi connectivity index (χ4v) is 5.01. The van der Waals surface area contributed by atoms with Crippen LogP contribution in [-0.2, 0) is 11.3 Å². The molecule has 1 aliphatic heterocycles. The topological polar surface area (TPSA) is 82.8 Å². The molecule has 0 spiro atoms. The van der Waals surface area contributed by atoms with E-state index in [1.54, 1.807) is 20.3 Å². The van der Waals surface area contributed by atoms with Gasteiger partial charge in [-0.15, -0.1) is 0 Å². The number of carbonyl (C=O) groups excluding carboxylic acids is 2. The summed E-state index contributed by atoms with van der Waals surface area (Å²) in [5.41, 5.74) is -0.311. The van der Waals surface area contributed by atoms with E-state index >= 15 is 0 Å². The van der Waals surface area contributed by atoms with Crippen molar-refractivity contribution < 1.29 is 14.7 Å². The molecule has 2 aromatic rings. The van der Waals surface area contributed by atoms with Crippen molar-refractivity contribution in [2.24, 2.45) is 11.3 Å². The average Bonchev–Trinajstić information content (AvgIpc) is 3.65. The first kappa shape index (κ1) is 25.2. The van der Waals surface area contributed by atoms with E-state index in [2.05, 4.69) is 0 Å². The Balaban J connectivity index is 1.60. The number of amides is 2. The monoisotopic (exact) mass is 479 g/mol. The van der Waals surface area contributed by atoms with Crippen molar-refractivity contribution in [2.75, 3.05) is 27.2 Å². The molecule has 188 valence electrons. The van der Waals surface area contributed by atoms with Crippen molar-refractivity contribution in [3.63, 3.8) is 0 Å². The zero-order valence-corrected chi connectivity index (χ0v) is 21.3. The molecule has 0 radical (unpaired) electrons. The minimum atomic E-state index is -1.20. The minimum Gasteiger partial charge on any atom is -0.387 e. The lowest BCUT2D eigenvalue weighted by Gasteiger charge is -2.50. The molecule has 1 atom stereocenters. The highest BCUT2D eigenvalue weighted by Gasteiger charge is 2.49. The lowest BCUT2D eigenvalue weighted by atomic mass is 9.69. The fraction of sp³-hybridized carbons (Fsp3) is 0.536. The van der Waals surface area contributed by atoms with Gasteiger partial charge in [-0.25, -0.2) is 0 Å². The van der Waals surface area contributed by atoms with Crippen molar-refractivity contribution in [2.45, 2.75) is 58.1 Å². The van der Waals surface area contributed by atoms with Gasteiger partial charge in [-0.2, -0.15) is 0 Å². The lowest BCUT2D eigenvalue weighted by Crippen LogP contribution is -2.60. The molecule has 1 aliphatic carbocycles. The second-order valence-electron chi connectivity index (χ2n) is 11.1. The highest BCUT2D eigenvalue weighted by Crippen LogP contribution is 2.41. The summed E-state index contributed by atoms with van der Waals surface area (Å²) in [6.45, 7) is 4.86. The summed E-state index contributed by atoms with van der Waals surface area (Å²) in [7, 11) is 3.36. The van der Waals surface area contributed by atoms with Crippen LogP contribution in [0.5, 0.6) is 0 Å². The Kier molecular flexibility index (Phi) is 6.91. The van der Waals surface area contributed by atoms with Crippen LogP contribution < -0.4 is 5.56 Å². The number of aliphatic hydroxyl groups is 1. The number of rotatable bonds is 7. The molecule has 7 nitrogen and oxygen atoms in total.